The molecule has 1 heterocycles. The number of aromatic nitrogens is 4. The molecule has 1 atom stereocenters. The molecule has 1 aromatic carbocycles. The molecule has 6 nitrogen and oxygen atoms in total. The molecule has 1 saturated carbocycles. The predicted molar refractivity (Wildman–Crippen MR) is 83.4 cm³/mol. The molecule has 21 heavy (non-hydrogen) atoms. The van der Waals surface area contributed by atoms with Gasteiger partial charge in [0.2, 0.25) is 0 Å². The lowest BCUT2D eigenvalue weighted by Gasteiger charge is -2.28. The molecule has 1 aromatic heterocycles. The fourth-order valence-corrected chi connectivity index (χ4v) is 3.25. The Morgan fingerprint density at radius 3 is 2.67 bits per heavy atom. The summed E-state index contributed by atoms with van der Waals surface area (Å²) in [4.78, 5) is 0. The van der Waals surface area contributed by atoms with Crippen LogP contribution in [0.15, 0.2) is 18.2 Å². The van der Waals surface area contributed by atoms with E-state index < -0.39 is 0 Å². The Morgan fingerprint density at radius 1 is 1.19 bits per heavy atom. The van der Waals surface area contributed by atoms with Crippen molar-refractivity contribution in [3.8, 4) is 11.4 Å². The van der Waals surface area contributed by atoms with Crippen molar-refractivity contribution in [2.45, 2.75) is 45.1 Å². The van der Waals surface area contributed by atoms with Gasteiger partial charge in [-0.1, -0.05) is 19.3 Å². The van der Waals surface area contributed by atoms with E-state index >= 15 is 0 Å². The van der Waals surface area contributed by atoms with Gasteiger partial charge in [0.1, 0.15) is 0 Å². The molecule has 0 aliphatic heterocycles. The van der Waals surface area contributed by atoms with Crippen LogP contribution in [0, 0.1) is 5.92 Å². The summed E-state index contributed by atoms with van der Waals surface area (Å²) in [5, 5.41) is 12.2. The molecule has 0 amide bonds. The smallest absolute Gasteiger partial charge is 0.184 e. The predicted octanol–water partition coefficient (Wildman–Crippen LogP) is 2.65. The number of nitrogens with two attached hydrogens (primary N) is 2. The number of anilines is 2. The second kappa shape index (κ2) is 5.71. The third-order valence-corrected chi connectivity index (χ3v) is 4.53. The molecule has 1 aliphatic rings. The van der Waals surface area contributed by atoms with Gasteiger partial charge < -0.3 is 11.5 Å². The Labute approximate surface area is 124 Å². The summed E-state index contributed by atoms with van der Waals surface area (Å²) in [6.07, 6.45) is 6.44. The second-order valence-corrected chi connectivity index (χ2v) is 5.93. The highest BCUT2D eigenvalue weighted by Crippen LogP contribution is 2.35. The highest BCUT2D eigenvalue weighted by atomic mass is 15.5. The summed E-state index contributed by atoms with van der Waals surface area (Å²) in [6, 6.07) is 5.75. The average Bonchev–Trinajstić information content (AvgIpc) is 2.96. The van der Waals surface area contributed by atoms with E-state index in [1.807, 2.05) is 16.8 Å². The summed E-state index contributed by atoms with van der Waals surface area (Å²) in [6.45, 7) is 2.20. The number of tetrazole rings is 1. The first-order valence-electron chi connectivity index (χ1n) is 7.60. The first-order chi connectivity index (χ1) is 10.2. The van der Waals surface area contributed by atoms with Gasteiger partial charge in [-0.15, -0.1) is 5.10 Å². The largest absolute Gasteiger partial charge is 0.399 e. The first-order valence-corrected chi connectivity index (χ1v) is 7.60. The fourth-order valence-electron chi connectivity index (χ4n) is 3.25. The third kappa shape index (κ3) is 2.70. The number of benzene rings is 1. The van der Waals surface area contributed by atoms with Crippen molar-refractivity contribution in [1.82, 2.24) is 20.2 Å². The molecule has 0 spiro atoms. The van der Waals surface area contributed by atoms with Crippen LogP contribution >= 0.6 is 0 Å². The summed E-state index contributed by atoms with van der Waals surface area (Å²) >= 11 is 0. The second-order valence-electron chi connectivity index (χ2n) is 5.93. The van der Waals surface area contributed by atoms with E-state index in [4.69, 9.17) is 11.5 Å². The number of hydrogen-bond donors (Lipinski definition) is 2. The van der Waals surface area contributed by atoms with E-state index in [1.165, 1.54) is 32.1 Å². The van der Waals surface area contributed by atoms with Gasteiger partial charge in [-0.2, -0.15) is 0 Å². The van der Waals surface area contributed by atoms with Crippen LogP contribution in [0.4, 0.5) is 11.4 Å². The molecule has 0 radical (unpaired) electrons. The van der Waals surface area contributed by atoms with Gasteiger partial charge in [-0.05, 0) is 54.3 Å². The van der Waals surface area contributed by atoms with Crippen LogP contribution in [0.5, 0.6) is 0 Å². The van der Waals surface area contributed by atoms with E-state index in [9.17, 15) is 0 Å². The van der Waals surface area contributed by atoms with E-state index in [1.54, 1.807) is 6.07 Å². The first kappa shape index (κ1) is 13.9. The lowest BCUT2D eigenvalue weighted by atomic mass is 9.84. The monoisotopic (exact) mass is 286 g/mol. The lowest BCUT2D eigenvalue weighted by Crippen LogP contribution is -2.21. The van der Waals surface area contributed by atoms with Crippen molar-refractivity contribution in [1.29, 1.82) is 0 Å². The Hall–Kier alpha value is -2.11. The molecule has 1 aliphatic carbocycles. The van der Waals surface area contributed by atoms with Crippen LogP contribution in [0.1, 0.15) is 45.1 Å². The Bertz CT molecular complexity index is 614. The van der Waals surface area contributed by atoms with Crippen LogP contribution in [-0.4, -0.2) is 20.2 Å². The molecule has 0 bridgehead atoms. The number of nitrogen functional groups attached to an aromatic ring is 2. The zero-order valence-corrected chi connectivity index (χ0v) is 12.4. The minimum atomic E-state index is 0.284. The van der Waals surface area contributed by atoms with E-state index in [0.29, 0.717) is 17.3 Å². The van der Waals surface area contributed by atoms with Crippen molar-refractivity contribution in [2.75, 3.05) is 11.5 Å². The molecule has 6 heteroatoms. The highest BCUT2D eigenvalue weighted by molar-refractivity contribution is 5.74. The Balaban J connectivity index is 1.93. The normalized spacial score (nSPS) is 17.8. The zero-order valence-electron chi connectivity index (χ0n) is 12.4. The molecule has 4 N–H and O–H groups in total. The van der Waals surface area contributed by atoms with Gasteiger partial charge in [0.15, 0.2) is 5.82 Å². The van der Waals surface area contributed by atoms with E-state index in [2.05, 4.69) is 22.4 Å². The van der Waals surface area contributed by atoms with Crippen LogP contribution in [0.3, 0.4) is 0 Å². The van der Waals surface area contributed by atoms with Gasteiger partial charge >= 0.3 is 0 Å². The summed E-state index contributed by atoms with van der Waals surface area (Å²) in [7, 11) is 0. The third-order valence-electron chi connectivity index (χ3n) is 4.53. The van der Waals surface area contributed by atoms with E-state index in [0.717, 1.165) is 11.4 Å². The molecule has 112 valence electrons. The quantitative estimate of drug-likeness (QED) is 0.846. The average molecular weight is 286 g/mol. The lowest BCUT2D eigenvalue weighted by molar-refractivity contribution is 0.249. The summed E-state index contributed by atoms with van der Waals surface area (Å²) < 4.78 is 1.91. The highest BCUT2D eigenvalue weighted by Gasteiger charge is 2.25. The van der Waals surface area contributed by atoms with Crippen LogP contribution < -0.4 is 11.5 Å². The standard InChI is InChI=1S/C15H22N6/c1-10(11-5-3-2-4-6-11)21-15(18-19-20-21)13-8-7-12(16)9-14(13)17/h7-11H,2-6,16-17H2,1H3. The van der Waals surface area contributed by atoms with Crippen molar-refractivity contribution in [3.63, 3.8) is 0 Å². The SMILES string of the molecule is CC(C1CCCCC1)n1nnnc1-c1ccc(N)cc1N. The van der Waals surface area contributed by atoms with E-state index in [-0.39, 0.29) is 6.04 Å². The Morgan fingerprint density at radius 2 is 1.95 bits per heavy atom. The zero-order chi connectivity index (χ0) is 14.8. The van der Waals surface area contributed by atoms with Gasteiger partial charge in [-0.25, -0.2) is 4.68 Å². The maximum atomic E-state index is 6.07. The van der Waals surface area contributed by atoms with Crippen molar-refractivity contribution < 1.29 is 0 Å². The van der Waals surface area contributed by atoms with Gasteiger partial charge in [0, 0.05) is 16.9 Å². The molecular formula is C15H22N6. The fraction of sp³-hybridized carbons (Fsp3) is 0.533. The van der Waals surface area contributed by atoms with Gasteiger partial charge in [-0.3, -0.25) is 0 Å². The van der Waals surface area contributed by atoms with Crippen molar-refractivity contribution in [2.24, 2.45) is 5.92 Å². The number of rotatable bonds is 3. The topological polar surface area (TPSA) is 95.6 Å². The number of nitrogens with zero attached hydrogens (tertiary/aromatic N) is 4. The van der Waals surface area contributed by atoms with Crippen LogP contribution in [0.25, 0.3) is 11.4 Å². The van der Waals surface area contributed by atoms with Gasteiger partial charge in [0.05, 0.1) is 6.04 Å². The summed E-state index contributed by atoms with van der Waals surface area (Å²) in [5.41, 5.74) is 13.9. The summed E-state index contributed by atoms with van der Waals surface area (Å²) in [5.74, 6) is 1.36. The molecular weight excluding hydrogens is 264 g/mol. The molecule has 0 saturated heterocycles. The van der Waals surface area contributed by atoms with Crippen LogP contribution in [0.2, 0.25) is 0 Å². The molecule has 1 fully saturated rings. The molecule has 1 unspecified atom stereocenters. The van der Waals surface area contributed by atoms with Crippen molar-refractivity contribution in [3.05, 3.63) is 18.2 Å². The van der Waals surface area contributed by atoms with Crippen LogP contribution in [-0.2, 0) is 0 Å². The minimum absolute atomic E-state index is 0.284. The Kier molecular flexibility index (Phi) is 3.77. The van der Waals surface area contributed by atoms with Crippen molar-refractivity contribution >= 4 is 11.4 Å². The number of hydrogen-bond acceptors (Lipinski definition) is 5. The maximum Gasteiger partial charge on any atom is 0.184 e. The van der Waals surface area contributed by atoms with Gasteiger partial charge in [0.25, 0.3) is 0 Å². The minimum Gasteiger partial charge on any atom is -0.399 e. The molecule has 2 aromatic rings. The molecule has 3 rings (SSSR count). The maximum absolute atomic E-state index is 6.07.